The van der Waals surface area contributed by atoms with Crippen molar-refractivity contribution in [2.24, 2.45) is 0 Å². The molecule has 82 valence electrons. The summed E-state index contributed by atoms with van der Waals surface area (Å²) in [5.41, 5.74) is 7.06. The molecule has 0 aliphatic heterocycles. The van der Waals surface area contributed by atoms with Crippen molar-refractivity contribution >= 4 is 17.4 Å². The van der Waals surface area contributed by atoms with Gasteiger partial charge in [-0.25, -0.2) is 9.97 Å². The standard InChI is InChI=1S/C11H10ClN3O/c1-16-8-4-2-3-7(5-8)10-9(12)11(13)15-6-14-10/h2-6H,1H3,(H2,13,14,15). The molecule has 0 aliphatic carbocycles. The average Bonchev–Trinajstić information content (AvgIpc) is 2.33. The monoisotopic (exact) mass is 235 g/mol. The maximum Gasteiger partial charge on any atom is 0.146 e. The van der Waals surface area contributed by atoms with Crippen molar-refractivity contribution in [3.8, 4) is 17.0 Å². The number of methoxy groups -OCH3 is 1. The summed E-state index contributed by atoms with van der Waals surface area (Å²) < 4.78 is 5.13. The molecule has 0 amide bonds. The highest BCUT2D eigenvalue weighted by Crippen LogP contribution is 2.30. The van der Waals surface area contributed by atoms with Crippen LogP contribution in [0.5, 0.6) is 5.75 Å². The van der Waals surface area contributed by atoms with E-state index in [1.54, 1.807) is 7.11 Å². The van der Waals surface area contributed by atoms with Crippen LogP contribution in [0.4, 0.5) is 5.82 Å². The quantitative estimate of drug-likeness (QED) is 0.868. The van der Waals surface area contributed by atoms with E-state index in [-0.39, 0.29) is 5.82 Å². The summed E-state index contributed by atoms with van der Waals surface area (Å²) in [6.07, 6.45) is 1.38. The van der Waals surface area contributed by atoms with Gasteiger partial charge in [0.1, 0.15) is 22.9 Å². The molecule has 0 spiro atoms. The van der Waals surface area contributed by atoms with E-state index in [9.17, 15) is 0 Å². The summed E-state index contributed by atoms with van der Waals surface area (Å²) in [6, 6.07) is 7.44. The van der Waals surface area contributed by atoms with Crippen LogP contribution < -0.4 is 10.5 Å². The largest absolute Gasteiger partial charge is 0.497 e. The molecule has 0 fully saturated rings. The molecular weight excluding hydrogens is 226 g/mol. The van der Waals surface area contributed by atoms with Crippen LogP contribution in [0.3, 0.4) is 0 Å². The van der Waals surface area contributed by atoms with E-state index in [4.69, 9.17) is 22.1 Å². The molecule has 16 heavy (non-hydrogen) atoms. The zero-order valence-corrected chi connectivity index (χ0v) is 9.40. The van der Waals surface area contributed by atoms with Gasteiger partial charge in [-0.3, -0.25) is 0 Å². The van der Waals surface area contributed by atoms with Gasteiger partial charge < -0.3 is 10.5 Å². The third-order valence-corrected chi connectivity index (χ3v) is 2.53. The molecule has 1 aromatic heterocycles. The molecule has 0 saturated carbocycles. The average molecular weight is 236 g/mol. The normalized spacial score (nSPS) is 10.1. The third kappa shape index (κ3) is 1.92. The van der Waals surface area contributed by atoms with E-state index >= 15 is 0 Å². The molecule has 0 aliphatic rings. The van der Waals surface area contributed by atoms with Crippen molar-refractivity contribution in [2.45, 2.75) is 0 Å². The Balaban J connectivity index is 2.54. The number of nitrogens with two attached hydrogens (primary N) is 1. The van der Waals surface area contributed by atoms with E-state index in [2.05, 4.69) is 9.97 Å². The van der Waals surface area contributed by atoms with Crippen LogP contribution >= 0.6 is 11.6 Å². The van der Waals surface area contributed by atoms with E-state index in [0.717, 1.165) is 11.3 Å². The fourth-order valence-corrected chi connectivity index (χ4v) is 1.56. The second-order valence-electron chi connectivity index (χ2n) is 3.15. The lowest BCUT2D eigenvalue weighted by Gasteiger charge is -2.06. The van der Waals surface area contributed by atoms with Crippen LogP contribution in [-0.2, 0) is 0 Å². The number of hydrogen-bond donors (Lipinski definition) is 1. The predicted molar refractivity (Wildman–Crippen MR) is 63.4 cm³/mol. The van der Waals surface area contributed by atoms with Crippen LogP contribution in [0.2, 0.25) is 5.02 Å². The summed E-state index contributed by atoms with van der Waals surface area (Å²) in [4.78, 5) is 7.92. The number of aromatic nitrogens is 2. The Kier molecular flexibility index (Phi) is 2.92. The molecule has 2 N–H and O–H groups in total. The highest BCUT2D eigenvalue weighted by molar-refractivity contribution is 6.35. The van der Waals surface area contributed by atoms with E-state index in [1.807, 2.05) is 24.3 Å². The molecule has 1 heterocycles. The van der Waals surface area contributed by atoms with Crippen LogP contribution in [0.1, 0.15) is 0 Å². The molecular formula is C11H10ClN3O. The molecule has 0 radical (unpaired) electrons. The van der Waals surface area contributed by atoms with Gasteiger partial charge in [-0.15, -0.1) is 0 Å². The second-order valence-corrected chi connectivity index (χ2v) is 3.53. The fraction of sp³-hybridized carbons (Fsp3) is 0.0909. The Bertz CT molecular complexity index is 516. The molecule has 2 aromatic rings. The zero-order chi connectivity index (χ0) is 11.5. The van der Waals surface area contributed by atoms with Crippen molar-refractivity contribution in [1.29, 1.82) is 0 Å². The van der Waals surface area contributed by atoms with Crippen LogP contribution in [0, 0.1) is 0 Å². The molecule has 1 aromatic carbocycles. The molecule has 0 unspecified atom stereocenters. The van der Waals surface area contributed by atoms with Gasteiger partial charge in [0.25, 0.3) is 0 Å². The van der Waals surface area contributed by atoms with Gasteiger partial charge in [-0.1, -0.05) is 23.7 Å². The minimum absolute atomic E-state index is 0.273. The maximum atomic E-state index is 6.03. The molecule has 0 saturated heterocycles. The Labute approximate surface area is 98.0 Å². The van der Waals surface area contributed by atoms with Crippen molar-refractivity contribution in [2.75, 3.05) is 12.8 Å². The second kappa shape index (κ2) is 4.37. The van der Waals surface area contributed by atoms with Gasteiger partial charge in [0, 0.05) is 5.56 Å². The van der Waals surface area contributed by atoms with Crippen molar-refractivity contribution in [3.63, 3.8) is 0 Å². The molecule has 2 rings (SSSR count). The van der Waals surface area contributed by atoms with Crippen molar-refractivity contribution < 1.29 is 4.74 Å². The number of ether oxygens (including phenoxy) is 1. The summed E-state index contributed by atoms with van der Waals surface area (Å²) in [5, 5.41) is 0.357. The van der Waals surface area contributed by atoms with Gasteiger partial charge >= 0.3 is 0 Å². The summed E-state index contributed by atoms with van der Waals surface area (Å²) in [5.74, 6) is 1.01. The van der Waals surface area contributed by atoms with Gasteiger partial charge in [0.15, 0.2) is 0 Å². The minimum Gasteiger partial charge on any atom is -0.497 e. The minimum atomic E-state index is 0.273. The van der Waals surface area contributed by atoms with Gasteiger partial charge in [-0.05, 0) is 12.1 Å². The SMILES string of the molecule is COc1cccc(-c2ncnc(N)c2Cl)c1. The Morgan fingerprint density at radius 2 is 2.12 bits per heavy atom. The van der Waals surface area contributed by atoms with Crippen LogP contribution in [0.25, 0.3) is 11.3 Å². The number of benzene rings is 1. The number of nitrogen functional groups attached to an aromatic ring is 1. The molecule has 0 bridgehead atoms. The fourth-order valence-electron chi connectivity index (χ4n) is 1.36. The van der Waals surface area contributed by atoms with E-state index in [0.29, 0.717) is 10.7 Å². The third-order valence-electron chi connectivity index (χ3n) is 2.16. The number of halogens is 1. The summed E-state index contributed by atoms with van der Waals surface area (Å²) in [6.45, 7) is 0. The number of anilines is 1. The molecule has 0 atom stereocenters. The van der Waals surface area contributed by atoms with Crippen molar-refractivity contribution in [1.82, 2.24) is 9.97 Å². The molecule has 5 heteroatoms. The lowest BCUT2D eigenvalue weighted by molar-refractivity contribution is 0.415. The Hall–Kier alpha value is -1.81. The smallest absolute Gasteiger partial charge is 0.146 e. The van der Waals surface area contributed by atoms with Gasteiger partial charge in [0.05, 0.1) is 12.8 Å². The zero-order valence-electron chi connectivity index (χ0n) is 8.64. The maximum absolute atomic E-state index is 6.03. The van der Waals surface area contributed by atoms with Gasteiger partial charge in [0.2, 0.25) is 0 Å². The van der Waals surface area contributed by atoms with Gasteiger partial charge in [-0.2, -0.15) is 0 Å². The highest BCUT2D eigenvalue weighted by Gasteiger charge is 2.09. The highest BCUT2D eigenvalue weighted by atomic mass is 35.5. The van der Waals surface area contributed by atoms with Crippen LogP contribution in [-0.4, -0.2) is 17.1 Å². The topological polar surface area (TPSA) is 61.0 Å². The number of rotatable bonds is 2. The summed E-state index contributed by atoms with van der Waals surface area (Å²) >= 11 is 6.03. The number of hydrogen-bond acceptors (Lipinski definition) is 4. The lowest BCUT2D eigenvalue weighted by Crippen LogP contribution is -1.95. The first-order chi connectivity index (χ1) is 7.72. The number of nitrogens with zero attached hydrogens (tertiary/aromatic N) is 2. The first kappa shape index (κ1) is 10.7. The molecule has 4 nitrogen and oxygen atoms in total. The van der Waals surface area contributed by atoms with Crippen molar-refractivity contribution in [3.05, 3.63) is 35.6 Å². The van der Waals surface area contributed by atoms with Crippen LogP contribution in [0.15, 0.2) is 30.6 Å². The Morgan fingerprint density at radius 1 is 1.31 bits per heavy atom. The summed E-state index contributed by atoms with van der Waals surface area (Å²) in [7, 11) is 1.61. The first-order valence-electron chi connectivity index (χ1n) is 4.63. The first-order valence-corrected chi connectivity index (χ1v) is 5.00. The van der Waals surface area contributed by atoms with E-state index < -0.39 is 0 Å². The lowest BCUT2D eigenvalue weighted by atomic mass is 10.1. The van der Waals surface area contributed by atoms with E-state index in [1.165, 1.54) is 6.33 Å². The predicted octanol–water partition coefficient (Wildman–Crippen LogP) is 2.39. The Morgan fingerprint density at radius 3 is 2.88 bits per heavy atom.